The molecule has 2 fully saturated rings. The number of hydrogen-bond acceptors (Lipinski definition) is 2. The highest BCUT2D eigenvalue weighted by atomic mass is 16.5. The van der Waals surface area contributed by atoms with E-state index in [2.05, 4.69) is 62.4 Å². The number of benzene rings is 2. The maximum atomic E-state index is 12.7. The van der Waals surface area contributed by atoms with Crippen LogP contribution in [0.3, 0.4) is 0 Å². The number of unbranched alkanes of at least 4 members (excludes halogenated alkanes) is 4. The van der Waals surface area contributed by atoms with Gasteiger partial charge in [-0.1, -0.05) is 107 Å². The van der Waals surface area contributed by atoms with Gasteiger partial charge in [0.2, 0.25) is 0 Å². The molecule has 2 aliphatic rings. The SMILES string of the molecule is CCCCCC1CCC(c2ccc(-c3ccc(C4CCC(CCCCC)(C(=O)OC)CC4)cc3)cc2)CC1. The molecule has 38 heavy (non-hydrogen) atoms. The van der Waals surface area contributed by atoms with E-state index < -0.39 is 0 Å². The summed E-state index contributed by atoms with van der Waals surface area (Å²) in [7, 11) is 1.56. The molecule has 2 aliphatic carbocycles. The minimum atomic E-state index is -0.254. The molecule has 0 spiro atoms. The van der Waals surface area contributed by atoms with Crippen molar-refractivity contribution in [3.05, 3.63) is 59.7 Å². The molecule has 0 saturated heterocycles. The number of esters is 1. The molecule has 0 bridgehead atoms. The first kappa shape index (κ1) is 28.9. The first-order valence-electron chi connectivity index (χ1n) is 15.9. The largest absolute Gasteiger partial charge is 0.469 e. The Kier molecular flexibility index (Phi) is 10.9. The quantitative estimate of drug-likeness (QED) is 0.207. The zero-order chi connectivity index (χ0) is 26.8. The first-order chi connectivity index (χ1) is 18.6. The second-order valence-electron chi connectivity index (χ2n) is 12.5. The standard InChI is InChI=1S/C36H52O2/c1-4-6-8-10-28-11-13-29(14-12-28)30-15-17-31(18-16-30)32-19-21-33(22-20-32)34-23-26-36(27-24-34,35(37)38-3)25-9-7-5-2/h15-22,28-29,34H,4-14,23-27H2,1-3H3. The van der Waals surface area contributed by atoms with Crippen LogP contribution in [0.25, 0.3) is 11.1 Å². The molecule has 2 saturated carbocycles. The fourth-order valence-corrected chi connectivity index (χ4v) is 7.35. The molecular weight excluding hydrogens is 464 g/mol. The van der Waals surface area contributed by atoms with E-state index >= 15 is 0 Å². The predicted octanol–water partition coefficient (Wildman–Crippen LogP) is 10.6. The molecule has 0 heterocycles. The molecule has 2 nitrogen and oxygen atoms in total. The van der Waals surface area contributed by atoms with Gasteiger partial charge in [0.05, 0.1) is 12.5 Å². The summed E-state index contributed by atoms with van der Waals surface area (Å²) in [6.07, 6.45) is 19.7. The Morgan fingerprint density at radius 1 is 0.711 bits per heavy atom. The number of rotatable bonds is 12. The fraction of sp³-hybridized carbons (Fsp3) is 0.639. The van der Waals surface area contributed by atoms with Crippen molar-refractivity contribution in [2.45, 2.75) is 128 Å². The molecule has 208 valence electrons. The number of methoxy groups -OCH3 is 1. The molecule has 0 atom stereocenters. The zero-order valence-electron chi connectivity index (χ0n) is 24.5. The third kappa shape index (κ3) is 7.30. The van der Waals surface area contributed by atoms with Crippen molar-refractivity contribution in [1.29, 1.82) is 0 Å². The Bertz CT molecular complexity index is 957. The van der Waals surface area contributed by atoms with Gasteiger partial charge in [0.1, 0.15) is 0 Å². The highest BCUT2D eigenvalue weighted by molar-refractivity contribution is 5.77. The van der Waals surface area contributed by atoms with Crippen LogP contribution in [0.2, 0.25) is 0 Å². The van der Waals surface area contributed by atoms with Gasteiger partial charge >= 0.3 is 5.97 Å². The van der Waals surface area contributed by atoms with Crippen molar-refractivity contribution < 1.29 is 9.53 Å². The highest BCUT2D eigenvalue weighted by Gasteiger charge is 2.42. The van der Waals surface area contributed by atoms with Crippen molar-refractivity contribution in [1.82, 2.24) is 0 Å². The van der Waals surface area contributed by atoms with Gasteiger partial charge < -0.3 is 4.74 Å². The summed E-state index contributed by atoms with van der Waals surface area (Å²) >= 11 is 0. The maximum Gasteiger partial charge on any atom is 0.311 e. The summed E-state index contributed by atoms with van der Waals surface area (Å²) in [5.74, 6) is 2.29. The lowest BCUT2D eigenvalue weighted by molar-refractivity contribution is -0.155. The number of carbonyl (C=O) groups excluding carboxylic acids is 1. The summed E-state index contributed by atoms with van der Waals surface area (Å²) < 4.78 is 5.26. The van der Waals surface area contributed by atoms with Crippen molar-refractivity contribution in [2.24, 2.45) is 11.3 Å². The molecule has 2 aromatic rings. The molecule has 0 N–H and O–H groups in total. The number of carbonyl (C=O) groups is 1. The molecule has 2 heteroatoms. The second-order valence-corrected chi connectivity index (χ2v) is 12.5. The van der Waals surface area contributed by atoms with Crippen molar-refractivity contribution in [2.75, 3.05) is 7.11 Å². The maximum absolute atomic E-state index is 12.7. The minimum Gasteiger partial charge on any atom is -0.469 e. The van der Waals surface area contributed by atoms with Crippen molar-refractivity contribution in [3.63, 3.8) is 0 Å². The van der Waals surface area contributed by atoms with Crippen LogP contribution in [-0.4, -0.2) is 13.1 Å². The van der Waals surface area contributed by atoms with Crippen LogP contribution in [0.1, 0.15) is 140 Å². The Balaban J connectivity index is 1.30. The molecule has 2 aromatic carbocycles. The lowest BCUT2D eigenvalue weighted by Gasteiger charge is -2.38. The second kappa shape index (κ2) is 14.3. The Morgan fingerprint density at radius 2 is 1.21 bits per heavy atom. The summed E-state index contributed by atoms with van der Waals surface area (Å²) in [4.78, 5) is 12.7. The lowest BCUT2D eigenvalue weighted by atomic mass is 9.66. The summed E-state index contributed by atoms with van der Waals surface area (Å²) in [5.41, 5.74) is 5.33. The fourth-order valence-electron chi connectivity index (χ4n) is 7.35. The molecule has 4 rings (SSSR count). The van der Waals surface area contributed by atoms with Crippen LogP contribution in [0, 0.1) is 11.3 Å². The summed E-state index contributed by atoms with van der Waals surface area (Å²) in [5, 5.41) is 0. The van der Waals surface area contributed by atoms with E-state index in [9.17, 15) is 4.79 Å². The molecule has 0 unspecified atom stereocenters. The van der Waals surface area contributed by atoms with Crippen LogP contribution in [0.15, 0.2) is 48.5 Å². The van der Waals surface area contributed by atoms with Gasteiger partial charge in [0.15, 0.2) is 0 Å². The third-order valence-corrected chi connectivity index (χ3v) is 9.98. The van der Waals surface area contributed by atoms with E-state index in [-0.39, 0.29) is 11.4 Å². The zero-order valence-corrected chi connectivity index (χ0v) is 24.5. The van der Waals surface area contributed by atoms with Crippen molar-refractivity contribution >= 4 is 5.97 Å². The van der Waals surface area contributed by atoms with Gasteiger partial charge in [-0.15, -0.1) is 0 Å². The van der Waals surface area contributed by atoms with E-state index in [1.807, 2.05) is 0 Å². The molecule has 0 aliphatic heterocycles. The normalized spacial score (nSPS) is 25.7. The van der Waals surface area contributed by atoms with Crippen LogP contribution in [-0.2, 0) is 9.53 Å². The van der Waals surface area contributed by atoms with Crippen molar-refractivity contribution in [3.8, 4) is 11.1 Å². The third-order valence-electron chi connectivity index (χ3n) is 9.98. The van der Waals surface area contributed by atoms with Gasteiger partial charge in [-0.2, -0.15) is 0 Å². The summed E-state index contributed by atoms with van der Waals surface area (Å²) in [6, 6.07) is 18.7. The average molecular weight is 517 g/mol. The van der Waals surface area contributed by atoms with Crippen LogP contribution in [0.5, 0.6) is 0 Å². The average Bonchev–Trinajstić information content (AvgIpc) is 2.98. The van der Waals surface area contributed by atoms with Crippen LogP contribution >= 0.6 is 0 Å². The van der Waals surface area contributed by atoms with Crippen LogP contribution in [0.4, 0.5) is 0 Å². The van der Waals surface area contributed by atoms with E-state index in [0.717, 1.165) is 50.4 Å². The van der Waals surface area contributed by atoms with Gasteiger partial charge in [-0.25, -0.2) is 0 Å². The monoisotopic (exact) mass is 516 g/mol. The molecule has 0 radical (unpaired) electrons. The van der Waals surface area contributed by atoms with Gasteiger partial charge in [-0.05, 0) is 97.8 Å². The smallest absolute Gasteiger partial charge is 0.311 e. The van der Waals surface area contributed by atoms with E-state index in [0.29, 0.717) is 5.92 Å². The Hall–Kier alpha value is -2.09. The topological polar surface area (TPSA) is 26.3 Å². The van der Waals surface area contributed by atoms with Gasteiger partial charge in [0, 0.05) is 0 Å². The van der Waals surface area contributed by atoms with Gasteiger partial charge in [0.25, 0.3) is 0 Å². The summed E-state index contributed by atoms with van der Waals surface area (Å²) in [6.45, 7) is 4.53. The number of hydrogen-bond donors (Lipinski definition) is 0. The molecule has 0 amide bonds. The van der Waals surface area contributed by atoms with E-state index in [1.54, 1.807) is 7.11 Å². The van der Waals surface area contributed by atoms with Crippen LogP contribution < -0.4 is 0 Å². The number of ether oxygens (including phenoxy) is 1. The lowest BCUT2D eigenvalue weighted by Crippen LogP contribution is -2.36. The minimum absolute atomic E-state index is 0.0193. The van der Waals surface area contributed by atoms with E-state index in [1.165, 1.54) is 86.5 Å². The first-order valence-corrected chi connectivity index (χ1v) is 15.9. The van der Waals surface area contributed by atoms with Gasteiger partial charge in [-0.3, -0.25) is 4.79 Å². The van der Waals surface area contributed by atoms with E-state index in [4.69, 9.17) is 4.74 Å². The Morgan fingerprint density at radius 3 is 1.71 bits per heavy atom. The molecule has 0 aromatic heterocycles. The Labute approximate surface area is 233 Å². The predicted molar refractivity (Wildman–Crippen MR) is 161 cm³/mol. The highest BCUT2D eigenvalue weighted by Crippen LogP contribution is 2.47. The molecular formula is C36H52O2.